The molecule has 9 heteroatoms. The number of nitriles is 1. The SMILES string of the molecule is CC.COc1cc(C(C#N)C(=O)OF)c([N+](=O)[O-])cc1Br. The van der Waals surface area contributed by atoms with Crippen molar-refractivity contribution in [2.75, 3.05) is 7.11 Å². The summed E-state index contributed by atoms with van der Waals surface area (Å²) >= 11 is 3.03. The number of carbonyl (C=O) groups excluding carboxylic acids is 1. The van der Waals surface area contributed by atoms with E-state index in [0.29, 0.717) is 0 Å². The van der Waals surface area contributed by atoms with Crippen molar-refractivity contribution in [2.45, 2.75) is 19.8 Å². The molecule has 0 saturated carbocycles. The van der Waals surface area contributed by atoms with E-state index in [1.165, 1.54) is 13.2 Å². The van der Waals surface area contributed by atoms with Crippen molar-refractivity contribution >= 4 is 27.6 Å². The highest BCUT2D eigenvalue weighted by molar-refractivity contribution is 9.10. The Morgan fingerprint density at radius 3 is 2.48 bits per heavy atom. The maximum absolute atomic E-state index is 11.9. The molecule has 0 N–H and O–H groups in total. The van der Waals surface area contributed by atoms with Crippen LogP contribution in [0.25, 0.3) is 0 Å². The molecular weight excluding hydrogens is 351 g/mol. The molecule has 0 bridgehead atoms. The third kappa shape index (κ3) is 4.39. The summed E-state index contributed by atoms with van der Waals surface area (Å²) in [5, 5.41) is 19.7. The molecule has 0 radical (unpaired) electrons. The maximum Gasteiger partial charge on any atom is 0.370 e. The van der Waals surface area contributed by atoms with Gasteiger partial charge in [0.05, 0.1) is 28.1 Å². The molecule has 1 unspecified atom stereocenters. The van der Waals surface area contributed by atoms with Crippen LogP contribution in [0.5, 0.6) is 5.75 Å². The van der Waals surface area contributed by atoms with Gasteiger partial charge in [-0.1, -0.05) is 13.8 Å². The summed E-state index contributed by atoms with van der Waals surface area (Å²) in [6, 6.07) is 3.61. The Morgan fingerprint density at radius 2 is 2.10 bits per heavy atom. The Morgan fingerprint density at radius 1 is 1.52 bits per heavy atom. The molecule has 0 aliphatic carbocycles. The van der Waals surface area contributed by atoms with Crippen LogP contribution in [0, 0.1) is 21.4 Å². The minimum atomic E-state index is -1.76. The molecule has 114 valence electrons. The minimum absolute atomic E-state index is 0.160. The van der Waals surface area contributed by atoms with Gasteiger partial charge in [-0.25, -0.2) is 4.79 Å². The Balaban J connectivity index is 0.00000191. The van der Waals surface area contributed by atoms with Crippen LogP contribution in [-0.2, 0) is 9.74 Å². The molecule has 0 aliphatic rings. The van der Waals surface area contributed by atoms with Gasteiger partial charge in [-0.2, -0.15) is 5.26 Å². The largest absolute Gasteiger partial charge is 0.496 e. The van der Waals surface area contributed by atoms with Gasteiger partial charge in [0.25, 0.3) is 5.69 Å². The molecule has 0 heterocycles. The molecule has 0 spiro atoms. The monoisotopic (exact) mass is 362 g/mol. The van der Waals surface area contributed by atoms with E-state index in [1.54, 1.807) is 0 Å². The predicted molar refractivity (Wildman–Crippen MR) is 74.3 cm³/mol. The fourth-order valence-corrected chi connectivity index (χ4v) is 1.89. The zero-order valence-corrected chi connectivity index (χ0v) is 13.0. The van der Waals surface area contributed by atoms with E-state index >= 15 is 0 Å². The second-order valence-electron chi connectivity index (χ2n) is 3.26. The first-order chi connectivity index (χ1) is 9.96. The minimum Gasteiger partial charge on any atom is -0.496 e. The van der Waals surface area contributed by atoms with Crippen LogP contribution in [0.15, 0.2) is 16.6 Å². The topological polar surface area (TPSA) is 102 Å². The fraction of sp³-hybridized carbons (Fsp3) is 0.333. The van der Waals surface area contributed by atoms with Crippen LogP contribution in [0.2, 0.25) is 0 Å². The van der Waals surface area contributed by atoms with E-state index < -0.39 is 22.5 Å². The van der Waals surface area contributed by atoms with Gasteiger partial charge in [0, 0.05) is 10.6 Å². The molecule has 1 aromatic carbocycles. The lowest BCUT2D eigenvalue weighted by Gasteiger charge is -2.09. The van der Waals surface area contributed by atoms with Crippen LogP contribution in [0.3, 0.4) is 0 Å². The van der Waals surface area contributed by atoms with Gasteiger partial charge in [-0.05, 0) is 22.0 Å². The number of carbonyl (C=O) groups is 1. The molecule has 0 saturated heterocycles. The Bertz CT molecular complexity index is 574. The van der Waals surface area contributed by atoms with Gasteiger partial charge < -0.3 is 4.74 Å². The van der Waals surface area contributed by atoms with Gasteiger partial charge >= 0.3 is 5.97 Å². The number of nitro benzene ring substituents is 1. The van der Waals surface area contributed by atoms with Crippen molar-refractivity contribution in [1.29, 1.82) is 5.26 Å². The highest BCUT2D eigenvalue weighted by atomic mass is 79.9. The lowest BCUT2D eigenvalue weighted by atomic mass is 9.98. The molecule has 0 aromatic heterocycles. The summed E-state index contributed by atoms with van der Waals surface area (Å²) in [7, 11) is 1.30. The molecular formula is C12H12BrFN2O5. The quantitative estimate of drug-likeness (QED) is 0.600. The lowest BCUT2D eigenvalue weighted by molar-refractivity contribution is -0.385. The number of hydrogen-bond acceptors (Lipinski definition) is 6. The van der Waals surface area contributed by atoms with Gasteiger partial charge in [0.2, 0.25) is 0 Å². The number of halogens is 2. The second-order valence-corrected chi connectivity index (χ2v) is 4.12. The molecule has 21 heavy (non-hydrogen) atoms. The molecule has 1 aromatic rings. The predicted octanol–water partition coefficient (Wildman–Crippen LogP) is 3.43. The van der Waals surface area contributed by atoms with Crippen molar-refractivity contribution in [3.8, 4) is 11.8 Å². The summed E-state index contributed by atoms with van der Waals surface area (Å²) < 4.78 is 17.1. The number of nitro groups is 1. The van der Waals surface area contributed by atoms with Crippen LogP contribution < -0.4 is 4.74 Å². The first-order valence-electron chi connectivity index (χ1n) is 5.70. The molecule has 7 nitrogen and oxygen atoms in total. The average molecular weight is 363 g/mol. The average Bonchev–Trinajstić information content (AvgIpc) is 2.50. The van der Waals surface area contributed by atoms with E-state index in [1.807, 2.05) is 13.8 Å². The molecule has 0 aliphatic heterocycles. The van der Waals surface area contributed by atoms with Crippen LogP contribution in [0.4, 0.5) is 10.2 Å². The molecule has 0 amide bonds. The summed E-state index contributed by atoms with van der Waals surface area (Å²) in [5.74, 6) is -3.13. The van der Waals surface area contributed by atoms with Crippen LogP contribution in [-0.4, -0.2) is 18.0 Å². The number of ether oxygens (including phenoxy) is 1. The summed E-state index contributed by atoms with van der Waals surface area (Å²) in [6.07, 6.45) is 0. The first kappa shape index (κ1) is 18.8. The highest BCUT2D eigenvalue weighted by Crippen LogP contribution is 2.36. The summed E-state index contributed by atoms with van der Waals surface area (Å²) in [4.78, 5) is 24.2. The zero-order valence-electron chi connectivity index (χ0n) is 11.4. The first-order valence-corrected chi connectivity index (χ1v) is 6.49. The zero-order chi connectivity index (χ0) is 16.6. The summed E-state index contributed by atoms with van der Waals surface area (Å²) in [6.45, 7) is 4.00. The number of rotatable bonds is 4. The maximum atomic E-state index is 11.9. The van der Waals surface area contributed by atoms with Gasteiger partial charge in [0.1, 0.15) is 5.75 Å². The Hall–Kier alpha value is -2.21. The van der Waals surface area contributed by atoms with E-state index in [2.05, 4.69) is 20.9 Å². The van der Waals surface area contributed by atoms with Crippen LogP contribution >= 0.6 is 15.9 Å². The van der Waals surface area contributed by atoms with E-state index in [9.17, 15) is 19.4 Å². The summed E-state index contributed by atoms with van der Waals surface area (Å²) in [5.41, 5.74) is -0.833. The highest BCUT2D eigenvalue weighted by Gasteiger charge is 2.31. The third-order valence-electron chi connectivity index (χ3n) is 2.25. The molecule has 1 rings (SSSR count). The van der Waals surface area contributed by atoms with Crippen molar-refractivity contribution in [2.24, 2.45) is 0 Å². The van der Waals surface area contributed by atoms with Crippen LogP contribution in [0.1, 0.15) is 25.3 Å². The Labute approximate surface area is 128 Å². The van der Waals surface area contributed by atoms with E-state index in [0.717, 1.165) is 12.1 Å². The number of nitrogens with zero attached hydrogens (tertiary/aromatic N) is 2. The standard InChI is InChI=1S/C10H6BrFN2O5.C2H6/c1-18-9-2-5(6(4-13)10(15)19-12)8(14(16)17)3-7(9)11;1-2/h2-3,6H,1H3;1-2H3. The lowest BCUT2D eigenvalue weighted by Crippen LogP contribution is -2.13. The van der Waals surface area contributed by atoms with Crippen molar-refractivity contribution in [1.82, 2.24) is 0 Å². The van der Waals surface area contributed by atoms with Gasteiger partial charge in [-0.15, -0.1) is 0 Å². The fourth-order valence-electron chi connectivity index (χ4n) is 1.40. The van der Waals surface area contributed by atoms with Gasteiger partial charge in [0.15, 0.2) is 5.92 Å². The van der Waals surface area contributed by atoms with E-state index in [4.69, 9.17) is 10.00 Å². The second kappa shape index (κ2) is 8.86. The van der Waals surface area contributed by atoms with Crippen molar-refractivity contribution < 1.29 is 23.9 Å². The Kier molecular flexibility index (Phi) is 7.93. The van der Waals surface area contributed by atoms with Gasteiger partial charge in [-0.3, -0.25) is 15.1 Å². The molecule has 0 fully saturated rings. The number of hydrogen-bond donors (Lipinski definition) is 0. The smallest absolute Gasteiger partial charge is 0.370 e. The number of methoxy groups -OCH3 is 1. The number of benzene rings is 1. The van der Waals surface area contributed by atoms with E-state index in [-0.39, 0.29) is 15.8 Å². The normalized spacial score (nSPS) is 10.5. The molecule has 1 atom stereocenters. The third-order valence-corrected chi connectivity index (χ3v) is 2.87. The van der Waals surface area contributed by atoms with Crippen molar-refractivity contribution in [3.05, 3.63) is 32.3 Å². The van der Waals surface area contributed by atoms with Crippen molar-refractivity contribution in [3.63, 3.8) is 0 Å².